The van der Waals surface area contributed by atoms with E-state index >= 15 is 0 Å². The first-order valence-corrected chi connectivity index (χ1v) is 6.75. The Bertz CT molecular complexity index is 274. The molecule has 0 saturated heterocycles. The molecule has 2 N–H and O–H groups in total. The van der Waals surface area contributed by atoms with Crippen LogP contribution >= 0.6 is 0 Å². The lowest BCUT2D eigenvalue weighted by Gasteiger charge is -2.13. The second kappa shape index (κ2) is 10.2. The average molecular weight is 236 g/mol. The van der Waals surface area contributed by atoms with E-state index in [0.717, 1.165) is 18.5 Å². The number of hydrogen-bond donors (Lipinski definition) is 1. The molecule has 98 valence electrons. The van der Waals surface area contributed by atoms with Gasteiger partial charge >= 0.3 is 0 Å². The lowest BCUT2D eigenvalue weighted by molar-refractivity contribution is 0.321. The largest absolute Gasteiger partial charge is 0.399 e. The van der Waals surface area contributed by atoms with Crippen molar-refractivity contribution in [3.63, 3.8) is 0 Å². The minimum Gasteiger partial charge on any atom is -0.399 e. The molecule has 0 fully saturated rings. The maximum Gasteiger partial charge on any atom is 0.0346 e. The van der Waals surface area contributed by atoms with Crippen LogP contribution in [0.2, 0.25) is 0 Å². The summed E-state index contributed by atoms with van der Waals surface area (Å²) in [6.07, 6.45) is 2.25. The molecule has 0 radical (unpaired) electrons. The quantitative estimate of drug-likeness (QED) is 0.792. The molecule has 0 unspecified atom stereocenters. The van der Waals surface area contributed by atoms with Gasteiger partial charge in [0.1, 0.15) is 0 Å². The second-order valence-electron chi connectivity index (χ2n) is 4.07. The van der Waals surface area contributed by atoms with Crippen LogP contribution in [0.5, 0.6) is 0 Å². The number of aryl methyl sites for hydroxylation is 1. The van der Waals surface area contributed by atoms with E-state index in [1.165, 1.54) is 25.2 Å². The van der Waals surface area contributed by atoms with Crippen molar-refractivity contribution < 1.29 is 0 Å². The van der Waals surface area contributed by atoms with E-state index in [-0.39, 0.29) is 0 Å². The van der Waals surface area contributed by atoms with E-state index in [4.69, 9.17) is 5.73 Å². The van der Waals surface area contributed by atoms with Gasteiger partial charge in [0.15, 0.2) is 0 Å². The van der Waals surface area contributed by atoms with Gasteiger partial charge in [-0.1, -0.05) is 52.3 Å². The highest BCUT2D eigenvalue weighted by molar-refractivity contribution is 5.46. The van der Waals surface area contributed by atoms with Crippen molar-refractivity contribution in [3.05, 3.63) is 29.8 Å². The molecule has 2 nitrogen and oxygen atoms in total. The van der Waals surface area contributed by atoms with Crippen LogP contribution in [-0.2, 0) is 6.42 Å². The van der Waals surface area contributed by atoms with Gasteiger partial charge in [0.2, 0.25) is 0 Å². The van der Waals surface area contributed by atoms with Crippen molar-refractivity contribution in [2.45, 2.75) is 40.5 Å². The van der Waals surface area contributed by atoms with Gasteiger partial charge in [-0.25, -0.2) is 0 Å². The van der Waals surface area contributed by atoms with Crippen molar-refractivity contribution in [1.29, 1.82) is 0 Å². The van der Waals surface area contributed by atoms with E-state index in [0.29, 0.717) is 0 Å². The van der Waals surface area contributed by atoms with Crippen molar-refractivity contribution in [2.24, 2.45) is 0 Å². The molecule has 1 aromatic rings. The summed E-state index contributed by atoms with van der Waals surface area (Å²) in [5, 5.41) is 0. The van der Waals surface area contributed by atoms with Gasteiger partial charge in [-0.15, -0.1) is 0 Å². The van der Waals surface area contributed by atoms with Crippen LogP contribution in [0.4, 0.5) is 5.69 Å². The van der Waals surface area contributed by atoms with Gasteiger partial charge in [0, 0.05) is 5.69 Å². The van der Waals surface area contributed by atoms with Crippen LogP contribution in [0.15, 0.2) is 24.3 Å². The van der Waals surface area contributed by atoms with Crippen LogP contribution in [0.25, 0.3) is 0 Å². The molecule has 2 heteroatoms. The Kier molecular flexibility index (Phi) is 9.55. The molecule has 1 rings (SSSR count). The van der Waals surface area contributed by atoms with Gasteiger partial charge in [0.05, 0.1) is 0 Å². The zero-order valence-electron chi connectivity index (χ0n) is 11.9. The lowest BCUT2D eigenvalue weighted by Crippen LogP contribution is -2.21. The predicted molar refractivity (Wildman–Crippen MR) is 78.3 cm³/mol. The van der Waals surface area contributed by atoms with Crippen LogP contribution in [-0.4, -0.2) is 24.5 Å². The van der Waals surface area contributed by atoms with Crippen molar-refractivity contribution in [2.75, 3.05) is 25.4 Å². The van der Waals surface area contributed by atoms with Crippen LogP contribution in [0.1, 0.15) is 39.7 Å². The number of nitrogen functional groups attached to an aromatic ring is 1. The zero-order valence-corrected chi connectivity index (χ0v) is 11.9. The normalized spacial score (nSPS) is 9.94. The third-order valence-corrected chi connectivity index (χ3v) is 2.92. The van der Waals surface area contributed by atoms with E-state index in [1.54, 1.807) is 0 Å². The molecule has 0 amide bonds. The Labute approximate surface area is 107 Å². The SMILES string of the molecule is CCCc1ccccc1N.CCN(CC)CC. The first kappa shape index (κ1) is 16.0. The first-order chi connectivity index (χ1) is 8.19. The number of nitrogens with two attached hydrogens (primary N) is 1. The molecule has 0 atom stereocenters. The molecule has 0 bridgehead atoms. The highest BCUT2D eigenvalue weighted by atomic mass is 15.1. The van der Waals surface area contributed by atoms with Crippen LogP contribution in [0.3, 0.4) is 0 Å². The van der Waals surface area contributed by atoms with E-state index in [2.05, 4.69) is 38.7 Å². The highest BCUT2D eigenvalue weighted by Gasteiger charge is 1.93. The summed E-state index contributed by atoms with van der Waals surface area (Å²) >= 11 is 0. The first-order valence-electron chi connectivity index (χ1n) is 6.75. The highest BCUT2D eigenvalue weighted by Crippen LogP contribution is 2.11. The third-order valence-electron chi connectivity index (χ3n) is 2.92. The van der Waals surface area contributed by atoms with Gasteiger partial charge in [0.25, 0.3) is 0 Å². The fourth-order valence-electron chi connectivity index (χ4n) is 1.70. The summed E-state index contributed by atoms with van der Waals surface area (Å²) in [4.78, 5) is 2.38. The molecule has 0 aliphatic rings. The summed E-state index contributed by atoms with van der Waals surface area (Å²) in [7, 11) is 0. The Morgan fingerprint density at radius 2 is 1.47 bits per heavy atom. The molecule has 0 saturated carbocycles. The van der Waals surface area contributed by atoms with E-state index in [9.17, 15) is 0 Å². The smallest absolute Gasteiger partial charge is 0.0346 e. The molecule has 0 aromatic heterocycles. The molecule has 1 aromatic carbocycles. The van der Waals surface area contributed by atoms with E-state index < -0.39 is 0 Å². The van der Waals surface area contributed by atoms with Crippen molar-refractivity contribution in [3.8, 4) is 0 Å². The number of nitrogens with zero attached hydrogens (tertiary/aromatic N) is 1. The summed E-state index contributed by atoms with van der Waals surface area (Å²) < 4.78 is 0. The molecule has 17 heavy (non-hydrogen) atoms. The number of rotatable bonds is 5. The number of hydrogen-bond acceptors (Lipinski definition) is 2. The summed E-state index contributed by atoms with van der Waals surface area (Å²) in [5.41, 5.74) is 7.90. The maximum atomic E-state index is 5.71. The molecule has 0 aliphatic heterocycles. The van der Waals surface area contributed by atoms with Gasteiger partial charge in [-0.3, -0.25) is 0 Å². The molecule has 0 heterocycles. The number of anilines is 1. The monoisotopic (exact) mass is 236 g/mol. The van der Waals surface area contributed by atoms with Gasteiger partial charge in [-0.05, 0) is 37.7 Å². The molecular weight excluding hydrogens is 208 g/mol. The number of para-hydroxylation sites is 1. The van der Waals surface area contributed by atoms with E-state index in [1.807, 2.05) is 18.2 Å². The topological polar surface area (TPSA) is 29.3 Å². The fourth-order valence-corrected chi connectivity index (χ4v) is 1.70. The molecule has 0 aliphatic carbocycles. The molecule has 0 spiro atoms. The average Bonchev–Trinajstić information content (AvgIpc) is 2.35. The summed E-state index contributed by atoms with van der Waals surface area (Å²) in [6.45, 7) is 12.3. The van der Waals surface area contributed by atoms with Crippen molar-refractivity contribution in [1.82, 2.24) is 4.90 Å². The second-order valence-corrected chi connectivity index (χ2v) is 4.07. The Hall–Kier alpha value is -1.02. The lowest BCUT2D eigenvalue weighted by atomic mass is 10.1. The van der Waals surface area contributed by atoms with Gasteiger partial charge < -0.3 is 10.6 Å². The predicted octanol–water partition coefficient (Wildman–Crippen LogP) is 3.57. The Morgan fingerprint density at radius 1 is 0.941 bits per heavy atom. The standard InChI is InChI=1S/C9H13N.C6H15N/c1-2-5-8-6-3-4-7-9(8)10;1-4-7(5-2)6-3/h3-4,6-7H,2,5,10H2,1H3;4-6H2,1-3H3. The minimum absolute atomic E-state index is 0.921. The molecular formula is C15H28N2. The fraction of sp³-hybridized carbons (Fsp3) is 0.600. The maximum absolute atomic E-state index is 5.71. The minimum atomic E-state index is 0.921. The van der Waals surface area contributed by atoms with Gasteiger partial charge in [-0.2, -0.15) is 0 Å². The zero-order chi connectivity index (χ0) is 13.1. The van der Waals surface area contributed by atoms with Crippen molar-refractivity contribution >= 4 is 5.69 Å². The summed E-state index contributed by atoms with van der Waals surface area (Å²) in [5.74, 6) is 0. The van der Waals surface area contributed by atoms with Crippen LogP contribution < -0.4 is 5.73 Å². The third kappa shape index (κ3) is 7.01. The Balaban J connectivity index is 0.000000325. The number of benzene rings is 1. The Morgan fingerprint density at radius 3 is 1.82 bits per heavy atom. The summed E-state index contributed by atoms with van der Waals surface area (Å²) in [6, 6.07) is 8.03. The van der Waals surface area contributed by atoms with Crippen LogP contribution in [0, 0.1) is 0 Å².